The summed E-state index contributed by atoms with van der Waals surface area (Å²) >= 11 is 1.52. The third-order valence-electron chi connectivity index (χ3n) is 3.01. The van der Waals surface area contributed by atoms with Gasteiger partial charge in [0.1, 0.15) is 10.7 Å². The van der Waals surface area contributed by atoms with E-state index in [1.807, 2.05) is 26.8 Å². The van der Waals surface area contributed by atoms with Gasteiger partial charge >= 0.3 is 0 Å². The van der Waals surface area contributed by atoms with Crippen molar-refractivity contribution in [3.63, 3.8) is 0 Å². The molecule has 0 aliphatic carbocycles. The Bertz CT molecular complexity index is 800. The fraction of sp³-hybridized carbons (Fsp3) is 0.333. The number of thiophene rings is 1. The van der Waals surface area contributed by atoms with E-state index in [4.69, 9.17) is 0 Å². The Hall–Kier alpha value is -2.02. The van der Waals surface area contributed by atoms with Crippen LogP contribution in [0.5, 0.6) is 0 Å². The minimum Gasteiger partial charge on any atom is -0.288 e. The second-order valence-corrected chi connectivity index (χ2v) is 5.72. The molecule has 1 atom stereocenters. The van der Waals surface area contributed by atoms with E-state index in [9.17, 15) is 4.79 Å². The van der Waals surface area contributed by atoms with Gasteiger partial charge in [-0.1, -0.05) is 0 Å². The van der Waals surface area contributed by atoms with Gasteiger partial charge in [-0.2, -0.15) is 5.10 Å². The van der Waals surface area contributed by atoms with Gasteiger partial charge in [0, 0.05) is 4.88 Å². The van der Waals surface area contributed by atoms with Gasteiger partial charge in [0.25, 0.3) is 5.56 Å². The highest BCUT2D eigenvalue weighted by Gasteiger charge is 2.16. The molecular weight excluding hydrogens is 262 g/mol. The first kappa shape index (κ1) is 12.0. The maximum atomic E-state index is 12.4. The van der Waals surface area contributed by atoms with Gasteiger partial charge < -0.3 is 0 Å². The molecule has 98 valence electrons. The van der Waals surface area contributed by atoms with Gasteiger partial charge in [0.05, 0.1) is 17.8 Å². The average molecular weight is 275 g/mol. The van der Waals surface area contributed by atoms with E-state index in [2.05, 4.69) is 20.2 Å². The van der Waals surface area contributed by atoms with E-state index in [0.717, 1.165) is 15.5 Å². The Kier molecular flexibility index (Phi) is 2.70. The lowest BCUT2D eigenvalue weighted by molar-refractivity contribution is 0.577. The third kappa shape index (κ3) is 1.95. The van der Waals surface area contributed by atoms with E-state index < -0.39 is 0 Å². The van der Waals surface area contributed by atoms with Gasteiger partial charge in [-0.25, -0.2) is 9.97 Å². The highest BCUT2D eigenvalue weighted by molar-refractivity contribution is 7.18. The molecule has 0 radical (unpaired) electrons. The van der Waals surface area contributed by atoms with Gasteiger partial charge in [-0.05, 0) is 26.8 Å². The molecule has 0 saturated heterocycles. The maximum absolute atomic E-state index is 12.4. The number of nitrogens with zero attached hydrogens (tertiary/aromatic N) is 4. The zero-order chi connectivity index (χ0) is 13.6. The zero-order valence-electron chi connectivity index (χ0n) is 10.8. The average Bonchev–Trinajstić information content (AvgIpc) is 2.95. The fourth-order valence-electron chi connectivity index (χ4n) is 2.00. The quantitative estimate of drug-likeness (QED) is 0.773. The van der Waals surface area contributed by atoms with Crippen molar-refractivity contribution in [3.05, 3.63) is 39.3 Å². The van der Waals surface area contributed by atoms with Crippen LogP contribution in [0.1, 0.15) is 29.5 Å². The van der Waals surface area contributed by atoms with E-state index in [1.54, 1.807) is 10.9 Å². The normalized spacial score (nSPS) is 13.0. The molecule has 3 heterocycles. The highest BCUT2D eigenvalue weighted by Crippen LogP contribution is 2.20. The summed E-state index contributed by atoms with van der Waals surface area (Å²) in [7, 11) is 0. The molecule has 0 fully saturated rings. The minimum absolute atomic E-state index is 0.0516. The standard InChI is InChI=1S/C12H13N5OS/c1-6-4-9-11(19-6)13-5-17(12(9)18)7(2)10-14-8(3)15-16-10/h4-5,7H,1-3H3,(H,14,15,16). The van der Waals surface area contributed by atoms with Crippen LogP contribution in [0.2, 0.25) is 0 Å². The molecule has 7 heteroatoms. The van der Waals surface area contributed by atoms with Crippen molar-refractivity contribution in [2.75, 3.05) is 0 Å². The van der Waals surface area contributed by atoms with Crippen LogP contribution in [-0.4, -0.2) is 24.7 Å². The molecule has 0 saturated carbocycles. The molecule has 3 aromatic heterocycles. The summed E-state index contributed by atoms with van der Waals surface area (Å²) in [5, 5.41) is 7.54. The summed E-state index contributed by atoms with van der Waals surface area (Å²) < 4.78 is 1.57. The minimum atomic E-state index is -0.241. The Labute approximate surface area is 113 Å². The van der Waals surface area contributed by atoms with E-state index >= 15 is 0 Å². The third-order valence-corrected chi connectivity index (χ3v) is 3.96. The molecular formula is C12H13N5OS. The molecule has 0 amide bonds. The molecule has 0 aliphatic heterocycles. The van der Waals surface area contributed by atoms with Crippen LogP contribution < -0.4 is 5.56 Å². The highest BCUT2D eigenvalue weighted by atomic mass is 32.1. The summed E-state index contributed by atoms with van der Waals surface area (Å²) in [6.45, 7) is 5.69. The second kappa shape index (κ2) is 4.27. The molecule has 0 aromatic carbocycles. The van der Waals surface area contributed by atoms with Crippen LogP contribution in [-0.2, 0) is 0 Å². The molecule has 3 aromatic rings. The molecule has 0 spiro atoms. The number of hydrogen-bond acceptors (Lipinski definition) is 5. The largest absolute Gasteiger partial charge is 0.288 e. The van der Waals surface area contributed by atoms with Crippen molar-refractivity contribution >= 4 is 21.6 Å². The van der Waals surface area contributed by atoms with E-state index in [0.29, 0.717) is 11.2 Å². The zero-order valence-corrected chi connectivity index (χ0v) is 11.7. The SMILES string of the molecule is Cc1nc(C(C)n2cnc3sc(C)cc3c2=O)n[nH]1. The van der Waals surface area contributed by atoms with Crippen LogP contribution in [0.25, 0.3) is 10.2 Å². The van der Waals surface area contributed by atoms with Gasteiger partial charge in [0.15, 0.2) is 5.82 Å². The van der Waals surface area contributed by atoms with Crippen molar-refractivity contribution < 1.29 is 0 Å². The summed E-state index contributed by atoms with van der Waals surface area (Å²) in [5.74, 6) is 1.32. The first-order chi connectivity index (χ1) is 9.06. The maximum Gasteiger partial charge on any atom is 0.262 e. The number of aromatic amines is 1. The van der Waals surface area contributed by atoms with Crippen LogP contribution in [0, 0.1) is 13.8 Å². The molecule has 0 aliphatic rings. The number of aryl methyl sites for hydroxylation is 2. The topological polar surface area (TPSA) is 76.5 Å². The van der Waals surface area contributed by atoms with Crippen LogP contribution in [0.3, 0.4) is 0 Å². The van der Waals surface area contributed by atoms with Gasteiger partial charge in [-0.15, -0.1) is 11.3 Å². The van der Waals surface area contributed by atoms with Crippen molar-refractivity contribution in [1.82, 2.24) is 24.7 Å². The number of fused-ring (bicyclic) bond motifs is 1. The number of rotatable bonds is 2. The van der Waals surface area contributed by atoms with Crippen molar-refractivity contribution in [2.45, 2.75) is 26.8 Å². The summed E-state index contributed by atoms with van der Waals surface area (Å²) in [5.41, 5.74) is -0.0516. The van der Waals surface area contributed by atoms with Crippen molar-refractivity contribution in [3.8, 4) is 0 Å². The van der Waals surface area contributed by atoms with Crippen molar-refractivity contribution in [1.29, 1.82) is 0 Å². The predicted molar refractivity (Wildman–Crippen MR) is 73.5 cm³/mol. The monoisotopic (exact) mass is 275 g/mol. The summed E-state index contributed by atoms with van der Waals surface area (Å²) in [4.78, 5) is 22.9. The first-order valence-corrected chi connectivity index (χ1v) is 6.74. The number of aromatic nitrogens is 5. The summed E-state index contributed by atoms with van der Waals surface area (Å²) in [6, 6.07) is 1.64. The Morgan fingerprint density at radius 1 is 1.42 bits per heavy atom. The van der Waals surface area contributed by atoms with Crippen LogP contribution in [0.4, 0.5) is 0 Å². The molecule has 3 rings (SSSR count). The Morgan fingerprint density at radius 3 is 2.89 bits per heavy atom. The number of nitrogens with one attached hydrogen (secondary N) is 1. The lowest BCUT2D eigenvalue weighted by Crippen LogP contribution is -2.24. The molecule has 1 N–H and O–H groups in total. The first-order valence-electron chi connectivity index (χ1n) is 5.92. The smallest absolute Gasteiger partial charge is 0.262 e. The molecule has 19 heavy (non-hydrogen) atoms. The second-order valence-electron chi connectivity index (χ2n) is 4.49. The lowest BCUT2D eigenvalue weighted by atomic mass is 10.3. The fourth-order valence-corrected chi connectivity index (χ4v) is 2.84. The van der Waals surface area contributed by atoms with Crippen LogP contribution >= 0.6 is 11.3 Å². The molecule has 6 nitrogen and oxygen atoms in total. The molecule has 0 bridgehead atoms. The lowest BCUT2D eigenvalue weighted by Gasteiger charge is -2.10. The molecule has 1 unspecified atom stereocenters. The Balaban J connectivity index is 2.15. The summed E-state index contributed by atoms with van der Waals surface area (Å²) in [6.07, 6.45) is 1.57. The Morgan fingerprint density at radius 2 is 2.21 bits per heavy atom. The number of hydrogen-bond donors (Lipinski definition) is 1. The van der Waals surface area contributed by atoms with Crippen molar-refractivity contribution in [2.24, 2.45) is 0 Å². The number of H-pyrrole nitrogens is 1. The predicted octanol–water partition coefficient (Wildman–Crippen LogP) is 1.80. The van der Waals surface area contributed by atoms with E-state index in [-0.39, 0.29) is 11.6 Å². The van der Waals surface area contributed by atoms with E-state index in [1.165, 1.54) is 11.3 Å². The van der Waals surface area contributed by atoms with Crippen LogP contribution in [0.15, 0.2) is 17.2 Å². The van der Waals surface area contributed by atoms with Gasteiger partial charge in [-0.3, -0.25) is 14.5 Å². The van der Waals surface area contributed by atoms with Gasteiger partial charge in [0.2, 0.25) is 0 Å².